The largest absolute Gasteiger partial charge is 0.468 e. The summed E-state index contributed by atoms with van der Waals surface area (Å²) in [4.78, 5) is 24.0. The van der Waals surface area contributed by atoms with Crippen LogP contribution >= 0.6 is 0 Å². The molecule has 1 saturated carbocycles. The lowest BCUT2D eigenvalue weighted by molar-refractivity contribution is -0.152. The molecule has 0 unspecified atom stereocenters. The van der Waals surface area contributed by atoms with E-state index in [1.54, 1.807) is 32.9 Å². The van der Waals surface area contributed by atoms with Gasteiger partial charge in [0.25, 0.3) is 0 Å². The van der Waals surface area contributed by atoms with Crippen molar-refractivity contribution in [2.75, 3.05) is 7.11 Å². The first kappa shape index (κ1) is 17.2. The van der Waals surface area contributed by atoms with Crippen LogP contribution in [0.15, 0.2) is 24.3 Å². The molecule has 5 nitrogen and oxygen atoms in total. The van der Waals surface area contributed by atoms with Crippen molar-refractivity contribution in [2.45, 2.75) is 50.7 Å². The van der Waals surface area contributed by atoms with E-state index >= 15 is 0 Å². The van der Waals surface area contributed by atoms with Gasteiger partial charge in [-0.15, -0.1) is 0 Å². The number of hydrogen-bond donors (Lipinski definition) is 1. The number of nitrogens with one attached hydrogen (secondary N) is 1. The van der Waals surface area contributed by atoms with E-state index in [-0.39, 0.29) is 6.04 Å². The average molecular weight is 323 g/mol. The summed E-state index contributed by atoms with van der Waals surface area (Å²) >= 11 is 0. The van der Waals surface area contributed by atoms with Crippen molar-refractivity contribution in [3.05, 3.63) is 35.6 Å². The van der Waals surface area contributed by atoms with Gasteiger partial charge in [0.05, 0.1) is 12.5 Å². The molecular formula is C17H22FNO4. The highest BCUT2D eigenvalue weighted by molar-refractivity contribution is 5.85. The molecule has 0 atom stereocenters. The number of alkyl carbamates (subject to hydrolysis) is 1. The minimum Gasteiger partial charge on any atom is -0.468 e. The van der Waals surface area contributed by atoms with E-state index in [2.05, 4.69) is 5.32 Å². The lowest BCUT2D eigenvalue weighted by Crippen LogP contribution is -2.57. The first-order chi connectivity index (χ1) is 10.7. The van der Waals surface area contributed by atoms with Gasteiger partial charge >= 0.3 is 12.1 Å². The number of carbonyl (C=O) groups excluding carboxylic acids is 2. The van der Waals surface area contributed by atoms with E-state index in [9.17, 15) is 14.0 Å². The van der Waals surface area contributed by atoms with Crippen LogP contribution in [0.3, 0.4) is 0 Å². The molecule has 1 aliphatic carbocycles. The molecular weight excluding hydrogens is 301 g/mol. The van der Waals surface area contributed by atoms with E-state index in [0.717, 1.165) is 0 Å². The summed E-state index contributed by atoms with van der Waals surface area (Å²) in [6.45, 7) is 5.33. The molecule has 0 radical (unpaired) electrons. The number of ether oxygens (including phenoxy) is 2. The monoisotopic (exact) mass is 323 g/mol. The Bertz CT molecular complexity index is 603. The number of methoxy groups -OCH3 is 1. The Hall–Kier alpha value is -2.11. The molecule has 2 rings (SSSR count). The molecule has 1 N–H and O–H groups in total. The standard InChI is InChI=1S/C17H22FNO4/c1-16(2,3)23-15(21)19-13-9-17(10-13,14(20)22-4)11-6-5-7-12(18)8-11/h5-8,13H,9-10H2,1-4H3,(H,19,21). The van der Waals surface area contributed by atoms with Gasteiger partial charge in [-0.25, -0.2) is 9.18 Å². The zero-order valence-corrected chi connectivity index (χ0v) is 13.8. The summed E-state index contributed by atoms with van der Waals surface area (Å²) in [5.41, 5.74) is -0.946. The predicted octanol–water partition coefficient (Wildman–Crippen LogP) is 2.92. The normalized spacial score (nSPS) is 23.6. The fraction of sp³-hybridized carbons (Fsp3) is 0.529. The zero-order valence-electron chi connectivity index (χ0n) is 13.8. The third-order valence-electron chi connectivity index (χ3n) is 3.86. The van der Waals surface area contributed by atoms with Crippen molar-refractivity contribution in [3.63, 3.8) is 0 Å². The Morgan fingerprint density at radius 1 is 1.30 bits per heavy atom. The van der Waals surface area contributed by atoms with Crippen LogP contribution in [0.4, 0.5) is 9.18 Å². The highest BCUT2D eigenvalue weighted by atomic mass is 19.1. The maximum atomic E-state index is 13.5. The molecule has 1 fully saturated rings. The Balaban J connectivity index is 2.08. The Morgan fingerprint density at radius 2 is 1.96 bits per heavy atom. The number of benzene rings is 1. The summed E-state index contributed by atoms with van der Waals surface area (Å²) in [5.74, 6) is -0.834. The number of amides is 1. The third kappa shape index (κ3) is 3.81. The van der Waals surface area contributed by atoms with Gasteiger partial charge in [-0.1, -0.05) is 12.1 Å². The molecule has 1 aliphatic rings. The summed E-state index contributed by atoms with van der Waals surface area (Å²) in [6.07, 6.45) is 0.172. The van der Waals surface area contributed by atoms with E-state index < -0.39 is 28.9 Å². The summed E-state index contributed by atoms with van der Waals surface area (Å²) in [5, 5.41) is 2.73. The predicted molar refractivity (Wildman–Crippen MR) is 82.5 cm³/mol. The summed E-state index contributed by atoms with van der Waals surface area (Å²) in [7, 11) is 1.30. The molecule has 1 aromatic rings. The number of rotatable bonds is 3. The van der Waals surface area contributed by atoms with E-state index in [0.29, 0.717) is 18.4 Å². The second-order valence-corrected chi connectivity index (χ2v) is 6.84. The van der Waals surface area contributed by atoms with Gasteiger partial charge in [0.2, 0.25) is 0 Å². The zero-order chi connectivity index (χ0) is 17.3. The molecule has 126 valence electrons. The Labute approximate surface area is 135 Å². The van der Waals surface area contributed by atoms with Gasteiger partial charge in [0.1, 0.15) is 11.4 Å². The smallest absolute Gasteiger partial charge is 0.407 e. The molecule has 1 aromatic carbocycles. The summed E-state index contributed by atoms with van der Waals surface area (Å²) < 4.78 is 23.6. The molecule has 0 aliphatic heterocycles. The number of hydrogen-bond acceptors (Lipinski definition) is 4. The fourth-order valence-electron chi connectivity index (χ4n) is 2.86. The van der Waals surface area contributed by atoms with Crippen molar-refractivity contribution in [1.29, 1.82) is 0 Å². The second-order valence-electron chi connectivity index (χ2n) is 6.84. The van der Waals surface area contributed by atoms with Crippen LogP contribution in [0.5, 0.6) is 0 Å². The Morgan fingerprint density at radius 3 is 2.48 bits per heavy atom. The average Bonchev–Trinajstić information content (AvgIpc) is 2.39. The molecule has 1 amide bonds. The van der Waals surface area contributed by atoms with Crippen LogP contribution < -0.4 is 5.32 Å². The van der Waals surface area contributed by atoms with Gasteiger partial charge in [-0.2, -0.15) is 0 Å². The fourth-order valence-corrected chi connectivity index (χ4v) is 2.86. The molecule has 0 heterocycles. The van der Waals surface area contributed by atoms with Crippen LogP contribution in [0.2, 0.25) is 0 Å². The quantitative estimate of drug-likeness (QED) is 0.869. The van der Waals surface area contributed by atoms with Crippen LogP contribution in [0, 0.1) is 5.82 Å². The van der Waals surface area contributed by atoms with Crippen molar-refractivity contribution < 1.29 is 23.5 Å². The SMILES string of the molecule is COC(=O)C1(c2cccc(F)c2)CC(NC(=O)OC(C)(C)C)C1. The second kappa shape index (κ2) is 6.18. The minimum atomic E-state index is -0.920. The van der Waals surface area contributed by atoms with Gasteiger partial charge < -0.3 is 14.8 Å². The Kier molecular flexibility index (Phi) is 4.63. The van der Waals surface area contributed by atoms with Crippen molar-refractivity contribution in [2.24, 2.45) is 0 Å². The number of carbonyl (C=O) groups is 2. The first-order valence-electron chi connectivity index (χ1n) is 7.50. The lowest BCUT2D eigenvalue weighted by Gasteiger charge is -2.45. The number of esters is 1. The van der Waals surface area contributed by atoms with Gasteiger partial charge in [0.15, 0.2) is 0 Å². The van der Waals surface area contributed by atoms with Gasteiger partial charge in [0, 0.05) is 6.04 Å². The maximum absolute atomic E-state index is 13.5. The molecule has 0 bridgehead atoms. The van der Waals surface area contributed by atoms with Crippen LogP contribution in [0.1, 0.15) is 39.2 Å². The number of halogens is 1. The van der Waals surface area contributed by atoms with Gasteiger partial charge in [-0.05, 0) is 51.3 Å². The van der Waals surface area contributed by atoms with Crippen LogP contribution in [0.25, 0.3) is 0 Å². The molecule has 6 heteroatoms. The maximum Gasteiger partial charge on any atom is 0.407 e. The van der Waals surface area contributed by atoms with E-state index in [1.807, 2.05) is 0 Å². The molecule has 23 heavy (non-hydrogen) atoms. The van der Waals surface area contributed by atoms with E-state index in [4.69, 9.17) is 9.47 Å². The first-order valence-corrected chi connectivity index (χ1v) is 7.50. The highest BCUT2D eigenvalue weighted by Crippen LogP contribution is 2.45. The van der Waals surface area contributed by atoms with Crippen molar-refractivity contribution in [3.8, 4) is 0 Å². The van der Waals surface area contributed by atoms with Crippen molar-refractivity contribution in [1.82, 2.24) is 5.32 Å². The van der Waals surface area contributed by atoms with E-state index in [1.165, 1.54) is 19.2 Å². The molecule has 0 spiro atoms. The van der Waals surface area contributed by atoms with Crippen molar-refractivity contribution >= 4 is 12.1 Å². The third-order valence-corrected chi connectivity index (χ3v) is 3.86. The van der Waals surface area contributed by atoms with Gasteiger partial charge in [-0.3, -0.25) is 4.79 Å². The molecule has 0 aromatic heterocycles. The van der Waals surface area contributed by atoms with Crippen LogP contribution in [-0.4, -0.2) is 30.8 Å². The minimum absolute atomic E-state index is 0.216. The summed E-state index contributed by atoms with van der Waals surface area (Å²) in [6, 6.07) is 5.70. The van der Waals surface area contributed by atoms with Crippen LogP contribution in [-0.2, 0) is 19.7 Å². The topological polar surface area (TPSA) is 64.6 Å². The molecule has 0 saturated heterocycles. The lowest BCUT2D eigenvalue weighted by atomic mass is 9.61. The highest BCUT2D eigenvalue weighted by Gasteiger charge is 2.53.